The van der Waals surface area contributed by atoms with Crippen LogP contribution < -0.4 is 5.56 Å². The van der Waals surface area contributed by atoms with E-state index in [-0.39, 0.29) is 17.5 Å². The number of hydrogen-bond donors (Lipinski definition) is 1. The van der Waals surface area contributed by atoms with Gasteiger partial charge in [0.25, 0.3) is 11.5 Å². The average molecular weight is 438 g/mol. The number of aromatic nitrogens is 3. The number of nitrogens with one attached hydrogen (secondary N) is 1. The number of benzene rings is 1. The molecule has 2 aliphatic heterocycles. The third-order valence-corrected chi connectivity index (χ3v) is 6.74. The Morgan fingerprint density at radius 3 is 2.84 bits per heavy atom. The Morgan fingerprint density at radius 1 is 1.22 bits per heavy atom. The zero-order valence-corrected chi connectivity index (χ0v) is 18.5. The summed E-state index contributed by atoms with van der Waals surface area (Å²) in [6.07, 6.45) is 3.42. The van der Waals surface area contributed by atoms with Crippen LogP contribution in [0.25, 0.3) is 5.65 Å². The monoisotopic (exact) mass is 437 g/mol. The topological polar surface area (TPSA) is 73.7 Å². The van der Waals surface area contributed by atoms with Gasteiger partial charge in [0.1, 0.15) is 5.82 Å². The molecule has 0 bridgehead atoms. The number of likely N-dealkylation sites (tertiary alicyclic amines) is 1. The number of nitrogens with zero attached hydrogens (tertiary/aromatic N) is 4. The molecule has 1 unspecified atom stereocenters. The molecule has 168 valence electrons. The van der Waals surface area contributed by atoms with Crippen LogP contribution in [0.5, 0.6) is 0 Å². The molecular weight excluding hydrogens is 409 g/mol. The summed E-state index contributed by atoms with van der Waals surface area (Å²) < 4.78 is 15.2. The van der Waals surface area contributed by atoms with Crippen molar-refractivity contribution >= 4 is 11.6 Å². The smallest absolute Gasteiger partial charge is 0.277 e. The molecule has 0 spiro atoms. The van der Waals surface area contributed by atoms with Gasteiger partial charge < -0.3 is 4.90 Å². The molecule has 1 atom stereocenters. The van der Waals surface area contributed by atoms with E-state index < -0.39 is 5.82 Å². The van der Waals surface area contributed by atoms with Crippen molar-refractivity contribution in [2.24, 2.45) is 0 Å². The zero-order chi connectivity index (χ0) is 22.4. The number of halogens is 1. The molecule has 1 aromatic carbocycles. The Morgan fingerprint density at radius 2 is 2.06 bits per heavy atom. The lowest BCUT2D eigenvalue weighted by Crippen LogP contribution is -2.40. The van der Waals surface area contributed by atoms with Crippen molar-refractivity contribution < 1.29 is 9.18 Å². The number of carbonyl (C=O) groups excluding carboxylic acids is 1. The van der Waals surface area contributed by atoms with Gasteiger partial charge in [0.2, 0.25) is 0 Å². The van der Waals surface area contributed by atoms with E-state index in [9.17, 15) is 14.0 Å². The third kappa shape index (κ3) is 3.62. The van der Waals surface area contributed by atoms with Gasteiger partial charge >= 0.3 is 0 Å². The lowest BCUT2D eigenvalue weighted by Gasteiger charge is -2.35. The maximum atomic E-state index is 13.7. The first kappa shape index (κ1) is 20.9. The number of carbonyl (C=O) groups is 1. The van der Waals surface area contributed by atoms with Crippen LogP contribution in [0, 0.1) is 5.82 Å². The first-order valence-corrected chi connectivity index (χ1v) is 11.4. The third-order valence-electron chi connectivity index (χ3n) is 6.74. The zero-order valence-electron chi connectivity index (χ0n) is 18.5. The molecule has 8 heteroatoms. The molecule has 1 fully saturated rings. The lowest BCUT2D eigenvalue weighted by molar-refractivity contribution is 0.0605. The predicted octanol–water partition coefficient (Wildman–Crippen LogP) is 3.30. The summed E-state index contributed by atoms with van der Waals surface area (Å²) in [7, 11) is 0. The Bertz CT molecular complexity index is 1230. The highest BCUT2D eigenvalue weighted by atomic mass is 19.1. The van der Waals surface area contributed by atoms with Gasteiger partial charge in [-0.3, -0.25) is 19.6 Å². The van der Waals surface area contributed by atoms with Gasteiger partial charge in [0.05, 0.1) is 23.0 Å². The van der Waals surface area contributed by atoms with Gasteiger partial charge in [-0.1, -0.05) is 6.07 Å². The van der Waals surface area contributed by atoms with Crippen molar-refractivity contribution in [3.8, 4) is 0 Å². The fourth-order valence-corrected chi connectivity index (χ4v) is 4.92. The summed E-state index contributed by atoms with van der Waals surface area (Å²) in [6, 6.07) is 7.86. The number of amides is 1. The lowest BCUT2D eigenvalue weighted by atomic mass is 9.98. The summed E-state index contributed by atoms with van der Waals surface area (Å²) in [5.41, 5.74) is 3.27. The first-order valence-electron chi connectivity index (χ1n) is 11.4. The van der Waals surface area contributed by atoms with E-state index in [1.54, 1.807) is 17.0 Å². The summed E-state index contributed by atoms with van der Waals surface area (Å²) in [6.45, 7) is 6.35. The number of rotatable bonds is 3. The van der Waals surface area contributed by atoms with Crippen molar-refractivity contribution in [1.82, 2.24) is 24.4 Å². The quantitative estimate of drug-likeness (QED) is 0.682. The Kier molecular flexibility index (Phi) is 5.33. The largest absolute Gasteiger partial charge is 0.330 e. The van der Waals surface area contributed by atoms with Crippen LogP contribution in [0.2, 0.25) is 0 Å². The average Bonchev–Trinajstić information content (AvgIpc) is 3.23. The van der Waals surface area contributed by atoms with Crippen molar-refractivity contribution in [1.29, 1.82) is 0 Å². The van der Waals surface area contributed by atoms with E-state index >= 15 is 0 Å². The van der Waals surface area contributed by atoms with E-state index in [0.29, 0.717) is 30.3 Å². The Labute approximate surface area is 185 Å². The normalized spacial score (nSPS) is 19.5. The minimum absolute atomic E-state index is 0.0691. The number of aromatic amines is 1. The SMILES string of the molecule is CC(C)N1CCc2nc3cc(C4CCCCN4C(=O)c4cccc(F)c4)[nH]n3c(=O)c2C1. The summed E-state index contributed by atoms with van der Waals surface area (Å²) in [5, 5.41) is 3.23. The highest BCUT2D eigenvalue weighted by molar-refractivity contribution is 5.94. The fourth-order valence-electron chi connectivity index (χ4n) is 4.92. The molecule has 1 saturated heterocycles. The Balaban J connectivity index is 1.51. The second-order valence-electron chi connectivity index (χ2n) is 9.08. The molecule has 0 aliphatic carbocycles. The molecule has 7 nitrogen and oxygen atoms in total. The minimum Gasteiger partial charge on any atom is -0.330 e. The van der Waals surface area contributed by atoms with Crippen molar-refractivity contribution in [3.05, 3.63) is 69.0 Å². The van der Waals surface area contributed by atoms with Crippen LogP contribution in [-0.2, 0) is 13.0 Å². The van der Waals surface area contributed by atoms with Gasteiger partial charge in [0.15, 0.2) is 5.65 Å². The van der Waals surface area contributed by atoms with Gasteiger partial charge in [-0.05, 0) is 51.3 Å². The van der Waals surface area contributed by atoms with E-state index in [4.69, 9.17) is 4.98 Å². The molecule has 0 radical (unpaired) electrons. The van der Waals surface area contributed by atoms with Crippen LogP contribution in [-0.4, -0.2) is 49.4 Å². The molecule has 4 heterocycles. The molecule has 5 rings (SSSR count). The number of piperidine rings is 1. The molecule has 3 aromatic rings. The molecular formula is C24H28FN5O2. The van der Waals surface area contributed by atoms with E-state index in [1.807, 2.05) is 6.07 Å². The Hall–Kier alpha value is -3.00. The van der Waals surface area contributed by atoms with E-state index in [0.717, 1.165) is 49.2 Å². The van der Waals surface area contributed by atoms with E-state index in [1.165, 1.54) is 16.6 Å². The molecule has 2 aliphatic rings. The summed E-state index contributed by atoms with van der Waals surface area (Å²) >= 11 is 0. The van der Waals surface area contributed by atoms with Crippen LogP contribution in [0.15, 0.2) is 35.1 Å². The molecule has 0 saturated carbocycles. The summed E-state index contributed by atoms with van der Waals surface area (Å²) in [4.78, 5) is 35.3. The van der Waals surface area contributed by atoms with Crippen LogP contribution in [0.4, 0.5) is 4.39 Å². The number of fused-ring (bicyclic) bond motifs is 2. The highest BCUT2D eigenvalue weighted by Crippen LogP contribution is 2.32. The first-order chi connectivity index (χ1) is 15.4. The molecule has 1 N–H and O–H groups in total. The number of hydrogen-bond acceptors (Lipinski definition) is 4. The summed E-state index contributed by atoms with van der Waals surface area (Å²) in [5.74, 6) is -0.619. The van der Waals surface area contributed by atoms with Gasteiger partial charge in [-0.15, -0.1) is 0 Å². The van der Waals surface area contributed by atoms with Crippen molar-refractivity contribution in [2.45, 2.75) is 58.2 Å². The van der Waals surface area contributed by atoms with Crippen molar-refractivity contribution in [2.75, 3.05) is 13.1 Å². The van der Waals surface area contributed by atoms with Gasteiger partial charge in [-0.2, -0.15) is 0 Å². The maximum absolute atomic E-state index is 13.7. The van der Waals surface area contributed by atoms with Gasteiger partial charge in [0, 0.05) is 43.7 Å². The van der Waals surface area contributed by atoms with E-state index in [2.05, 4.69) is 23.8 Å². The fraction of sp³-hybridized carbons (Fsp3) is 0.458. The van der Waals surface area contributed by atoms with Crippen LogP contribution >= 0.6 is 0 Å². The van der Waals surface area contributed by atoms with Crippen LogP contribution in [0.3, 0.4) is 0 Å². The highest BCUT2D eigenvalue weighted by Gasteiger charge is 2.31. The molecule has 32 heavy (non-hydrogen) atoms. The second kappa shape index (κ2) is 8.16. The predicted molar refractivity (Wildman–Crippen MR) is 119 cm³/mol. The van der Waals surface area contributed by atoms with Gasteiger partial charge in [-0.25, -0.2) is 13.9 Å². The van der Waals surface area contributed by atoms with Crippen LogP contribution in [0.1, 0.15) is 66.5 Å². The van der Waals surface area contributed by atoms with Crippen molar-refractivity contribution in [3.63, 3.8) is 0 Å². The standard InChI is InChI=1S/C24H28FN5O2/c1-15(2)28-11-9-19-18(14-28)24(32)30-22(26-19)13-20(27-30)21-8-3-4-10-29(21)23(31)16-6-5-7-17(25)12-16/h5-7,12-13,15,21,27H,3-4,8-11,14H2,1-2H3. The molecule has 2 aromatic heterocycles. The second-order valence-corrected chi connectivity index (χ2v) is 9.08. The minimum atomic E-state index is -0.424. The number of H-pyrrole nitrogens is 1. The maximum Gasteiger partial charge on any atom is 0.277 e. The molecule has 1 amide bonds.